The van der Waals surface area contributed by atoms with Gasteiger partial charge < -0.3 is 5.11 Å². The molecule has 2 aliphatic rings. The Morgan fingerprint density at radius 1 is 1.19 bits per heavy atom. The molecule has 0 bridgehead atoms. The van der Waals surface area contributed by atoms with Gasteiger partial charge in [0.1, 0.15) is 0 Å². The summed E-state index contributed by atoms with van der Waals surface area (Å²) in [5.41, 5.74) is 3.06. The molecule has 1 aliphatic heterocycles. The first kappa shape index (κ1) is 10.3. The van der Waals surface area contributed by atoms with Gasteiger partial charge in [0.2, 0.25) is 0 Å². The topological polar surface area (TPSA) is 23.5 Å². The van der Waals surface area contributed by atoms with Gasteiger partial charge >= 0.3 is 0 Å². The van der Waals surface area contributed by atoms with Gasteiger partial charge in [0.25, 0.3) is 0 Å². The maximum absolute atomic E-state index is 9.17. The van der Waals surface area contributed by atoms with Crippen LogP contribution in [-0.2, 0) is 12.8 Å². The second-order valence-electron chi connectivity index (χ2n) is 5.16. The molecule has 0 aromatic heterocycles. The molecule has 2 nitrogen and oxygen atoms in total. The lowest BCUT2D eigenvalue weighted by Crippen LogP contribution is -2.34. The van der Waals surface area contributed by atoms with Crippen LogP contribution in [0.1, 0.15) is 17.5 Å². The third kappa shape index (κ3) is 1.76. The average molecular weight is 217 g/mol. The van der Waals surface area contributed by atoms with E-state index in [9.17, 15) is 5.11 Å². The molecule has 0 amide bonds. The van der Waals surface area contributed by atoms with E-state index >= 15 is 0 Å². The summed E-state index contributed by atoms with van der Waals surface area (Å²) in [6.45, 7) is 2.62. The van der Waals surface area contributed by atoms with Crippen LogP contribution in [0.15, 0.2) is 24.3 Å². The molecule has 1 heterocycles. The Kier molecular flexibility index (Phi) is 2.70. The monoisotopic (exact) mass is 217 g/mol. The third-order valence-electron chi connectivity index (χ3n) is 4.12. The van der Waals surface area contributed by atoms with Crippen molar-refractivity contribution in [3.63, 3.8) is 0 Å². The van der Waals surface area contributed by atoms with Gasteiger partial charge in [0, 0.05) is 19.2 Å². The highest BCUT2D eigenvalue weighted by atomic mass is 16.3. The fourth-order valence-corrected chi connectivity index (χ4v) is 3.14. The molecule has 1 aromatic carbocycles. The van der Waals surface area contributed by atoms with E-state index in [4.69, 9.17) is 0 Å². The number of fused-ring (bicyclic) bond motifs is 1. The van der Waals surface area contributed by atoms with Crippen molar-refractivity contribution in [2.75, 3.05) is 19.7 Å². The van der Waals surface area contributed by atoms with Crippen molar-refractivity contribution in [2.45, 2.75) is 25.3 Å². The summed E-state index contributed by atoms with van der Waals surface area (Å²) in [4.78, 5) is 2.57. The molecule has 1 aromatic rings. The van der Waals surface area contributed by atoms with Gasteiger partial charge in [-0.1, -0.05) is 24.3 Å². The van der Waals surface area contributed by atoms with Crippen LogP contribution in [0.4, 0.5) is 0 Å². The highest BCUT2D eigenvalue weighted by Gasteiger charge is 2.31. The van der Waals surface area contributed by atoms with Crippen LogP contribution in [0, 0.1) is 5.92 Å². The average Bonchev–Trinajstić information content (AvgIpc) is 2.95. The van der Waals surface area contributed by atoms with E-state index in [1.54, 1.807) is 0 Å². The molecule has 3 rings (SSSR count). The fourth-order valence-electron chi connectivity index (χ4n) is 3.14. The quantitative estimate of drug-likeness (QED) is 0.811. The Hall–Kier alpha value is -0.860. The van der Waals surface area contributed by atoms with Crippen LogP contribution < -0.4 is 0 Å². The Labute approximate surface area is 96.9 Å². The number of hydrogen-bond donors (Lipinski definition) is 1. The lowest BCUT2D eigenvalue weighted by Gasteiger charge is -2.23. The van der Waals surface area contributed by atoms with Gasteiger partial charge in [-0.05, 0) is 42.9 Å². The first-order chi connectivity index (χ1) is 7.86. The summed E-state index contributed by atoms with van der Waals surface area (Å²) in [5, 5.41) is 9.17. The summed E-state index contributed by atoms with van der Waals surface area (Å²) in [7, 11) is 0. The van der Waals surface area contributed by atoms with Crippen molar-refractivity contribution in [1.82, 2.24) is 4.90 Å². The predicted octanol–water partition coefficient (Wildman–Crippen LogP) is 1.47. The van der Waals surface area contributed by atoms with Crippen molar-refractivity contribution in [2.24, 2.45) is 5.92 Å². The highest BCUT2D eigenvalue weighted by molar-refractivity contribution is 5.33. The van der Waals surface area contributed by atoms with Crippen molar-refractivity contribution in [3.8, 4) is 0 Å². The third-order valence-corrected chi connectivity index (χ3v) is 4.12. The minimum atomic E-state index is 0.357. The molecule has 0 radical (unpaired) electrons. The molecule has 16 heavy (non-hydrogen) atoms. The molecular formula is C14H19NO. The van der Waals surface area contributed by atoms with E-state index in [2.05, 4.69) is 29.2 Å². The van der Waals surface area contributed by atoms with Crippen LogP contribution >= 0.6 is 0 Å². The maximum Gasteiger partial charge on any atom is 0.0471 e. The molecule has 0 spiro atoms. The van der Waals surface area contributed by atoms with Crippen molar-refractivity contribution >= 4 is 0 Å². The first-order valence-electron chi connectivity index (χ1n) is 6.28. The van der Waals surface area contributed by atoms with Crippen LogP contribution in [0.25, 0.3) is 0 Å². The number of benzene rings is 1. The lowest BCUT2D eigenvalue weighted by atomic mass is 10.1. The fraction of sp³-hybridized carbons (Fsp3) is 0.571. The zero-order chi connectivity index (χ0) is 11.0. The number of rotatable bonds is 2. The normalized spacial score (nSPS) is 26.2. The number of aliphatic hydroxyl groups excluding tert-OH is 1. The summed E-state index contributed by atoms with van der Waals surface area (Å²) >= 11 is 0. The molecule has 1 fully saturated rings. The van der Waals surface area contributed by atoms with Gasteiger partial charge in [-0.2, -0.15) is 0 Å². The zero-order valence-electron chi connectivity index (χ0n) is 9.60. The number of hydrogen-bond acceptors (Lipinski definition) is 2. The summed E-state index contributed by atoms with van der Waals surface area (Å²) in [5.74, 6) is 0.517. The molecule has 1 N–H and O–H groups in total. The number of nitrogens with zero attached hydrogens (tertiary/aromatic N) is 1. The van der Waals surface area contributed by atoms with Gasteiger partial charge in [-0.25, -0.2) is 0 Å². The Morgan fingerprint density at radius 3 is 2.44 bits per heavy atom. The van der Waals surface area contributed by atoms with E-state index < -0.39 is 0 Å². The second-order valence-corrected chi connectivity index (χ2v) is 5.16. The Bertz CT molecular complexity index is 352. The van der Waals surface area contributed by atoms with Crippen LogP contribution in [0.5, 0.6) is 0 Å². The van der Waals surface area contributed by atoms with E-state index in [-0.39, 0.29) is 0 Å². The van der Waals surface area contributed by atoms with Gasteiger partial charge in [0.05, 0.1) is 0 Å². The predicted molar refractivity (Wildman–Crippen MR) is 64.4 cm³/mol. The van der Waals surface area contributed by atoms with Crippen molar-refractivity contribution < 1.29 is 5.11 Å². The van der Waals surface area contributed by atoms with E-state index in [0.29, 0.717) is 18.6 Å². The Morgan fingerprint density at radius 2 is 1.88 bits per heavy atom. The largest absolute Gasteiger partial charge is 0.396 e. The van der Waals surface area contributed by atoms with Crippen LogP contribution in [0.2, 0.25) is 0 Å². The van der Waals surface area contributed by atoms with Gasteiger partial charge in [-0.15, -0.1) is 0 Å². The molecule has 0 saturated carbocycles. The first-order valence-corrected chi connectivity index (χ1v) is 6.28. The SMILES string of the molecule is OCC1CCN(C2Cc3ccccc3C2)C1. The molecule has 86 valence electrons. The summed E-state index contributed by atoms with van der Waals surface area (Å²) in [6, 6.07) is 9.49. The molecular weight excluding hydrogens is 198 g/mol. The smallest absolute Gasteiger partial charge is 0.0471 e. The van der Waals surface area contributed by atoms with E-state index in [1.165, 1.54) is 36.9 Å². The lowest BCUT2D eigenvalue weighted by molar-refractivity contribution is 0.200. The number of likely N-dealkylation sites (tertiary alicyclic amines) is 1. The van der Waals surface area contributed by atoms with Crippen molar-refractivity contribution in [3.05, 3.63) is 35.4 Å². The van der Waals surface area contributed by atoms with Gasteiger partial charge in [0.15, 0.2) is 0 Å². The molecule has 1 aliphatic carbocycles. The molecule has 1 saturated heterocycles. The van der Waals surface area contributed by atoms with Gasteiger partial charge in [-0.3, -0.25) is 4.90 Å². The summed E-state index contributed by atoms with van der Waals surface area (Å²) < 4.78 is 0. The molecule has 1 unspecified atom stereocenters. The highest BCUT2D eigenvalue weighted by Crippen LogP contribution is 2.28. The maximum atomic E-state index is 9.17. The zero-order valence-corrected chi connectivity index (χ0v) is 9.60. The second kappa shape index (κ2) is 4.19. The molecule has 2 heteroatoms. The van der Waals surface area contributed by atoms with E-state index in [1.807, 2.05) is 0 Å². The minimum Gasteiger partial charge on any atom is -0.396 e. The minimum absolute atomic E-state index is 0.357. The van der Waals surface area contributed by atoms with E-state index in [0.717, 1.165) is 6.54 Å². The van der Waals surface area contributed by atoms with Crippen LogP contribution in [0.3, 0.4) is 0 Å². The van der Waals surface area contributed by atoms with Crippen LogP contribution in [-0.4, -0.2) is 35.7 Å². The summed E-state index contributed by atoms with van der Waals surface area (Å²) in [6.07, 6.45) is 3.58. The molecule has 1 atom stereocenters. The standard InChI is InChI=1S/C14H19NO/c16-10-11-5-6-15(9-11)14-7-12-3-1-2-4-13(12)8-14/h1-4,11,14,16H,5-10H2. The van der Waals surface area contributed by atoms with Crippen molar-refractivity contribution in [1.29, 1.82) is 0 Å². The number of aliphatic hydroxyl groups is 1. The Balaban J connectivity index is 1.68.